The van der Waals surface area contributed by atoms with E-state index in [4.69, 9.17) is 4.98 Å². The highest BCUT2D eigenvalue weighted by Gasteiger charge is 2.31. The molecule has 0 spiro atoms. The van der Waals surface area contributed by atoms with Gasteiger partial charge in [-0.05, 0) is 61.1 Å². The number of rotatable bonds is 3. The van der Waals surface area contributed by atoms with E-state index in [1.54, 1.807) is 16.7 Å². The Balaban J connectivity index is 2.21. The molecule has 2 aliphatic carbocycles. The Labute approximate surface area is 105 Å². The zero-order valence-electron chi connectivity index (χ0n) is 11.3. The van der Waals surface area contributed by atoms with Crippen LogP contribution >= 0.6 is 0 Å². The molecule has 0 saturated heterocycles. The maximum absolute atomic E-state index is 5.03. The van der Waals surface area contributed by atoms with Crippen LogP contribution in [0.1, 0.15) is 79.9 Å². The van der Waals surface area contributed by atoms with Gasteiger partial charge in [-0.2, -0.15) is 0 Å². The van der Waals surface area contributed by atoms with Crippen molar-refractivity contribution < 1.29 is 0 Å². The Morgan fingerprint density at radius 2 is 2.00 bits per heavy atom. The van der Waals surface area contributed by atoms with E-state index in [1.165, 1.54) is 49.9 Å². The number of nitrogens with zero attached hydrogens (tertiary/aromatic N) is 1. The lowest BCUT2D eigenvalue weighted by Crippen LogP contribution is -2.09. The minimum absolute atomic E-state index is 0.664. The van der Waals surface area contributed by atoms with E-state index >= 15 is 0 Å². The number of aryl methyl sites for hydroxylation is 1. The smallest absolute Gasteiger partial charge is 0.0472 e. The fourth-order valence-electron chi connectivity index (χ4n) is 3.44. The zero-order chi connectivity index (χ0) is 12.0. The molecule has 0 unspecified atom stereocenters. The molecule has 1 aromatic rings. The summed E-state index contributed by atoms with van der Waals surface area (Å²) in [5, 5.41) is 0. The highest BCUT2D eigenvalue weighted by molar-refractivity contribution is 5.46. The third-order valence-electron chi connectivity index (χ3n) is 4.30. The van der Waals surface area contributed by atoms with Crippen LogP contribution in [0.3, 0.4) is 0 Å². The molecule has 0 bridgehead atoms. The van der Waals surface area contributed by atoms with Gasteiger partial charge in [-0.15, -0.1) is 0 Å². The normalized spacial score (nSPS) is 18.8. The third-order valence-corrected chi connectivity index (χ3v) is 4.30. The Bertz CT molecular complexity index is 441. The van der Waals surface area contributed by atoms with E-state index in [9.17, 15) is 0 Å². The predicted octanol–water partition coefficient (Wildman–Crippen LogP) is 4.13. The van der Waals surface area contributed by atoms with Crippen molar-refractivity contribution in [1.82, 2.24) is 4.98 Å². The van der Waals surface area contributed by atoms with Gasteiger partial charge in [0.1, 0.15) is 0 Å². The van der Waals surface area contributed by atoms with Gasteiger partial charge in [0.25, 0.3) is 0 Å². The molecule has 1 nitrogen and oxygen atoms in total. The molecule has 3 rings (SSSR count). The minimum atomic E-state index is 0.664. The van der Waals surface area contributed by atoms with Gasteiger partial charge in [0.05, 0.1) is 0 Å². The van der Waals surface area contributed by atoms with Gasteiger partial charge in [-0.1, -0.05) is 20.8 Å². The van der Waals surface area contributed by atoms with Gasteiger partial charge >= 0.3 is 0 Å². The highest BCUT2D eigenvalue weighted by Crippen LogP contribution is 2.44. The van der Waals surface area contributed by atoms with E-state index in [-0.39, 0.29) is 0 Å². The van der Waals surface area contributed by atoms with Crippen LogP contribution in [0.2, 0.25) is 0 Å². The van der Waals surface area contributed by atoms with Crippen molar-refractivity contribution in [2.24, 2.45) is 0 Å². The molecule has 1 heteroatoms. The van der Waals surface area contributed by atoms with Gasteiger partial charge in [-0.25, -0.2) is 0 Å². The Kier molecular flexibility index (Phi) is 2.72. The number of hydrogen-bond acceptors (Lipinski definition) is 1. The number of fused-ring (bicyclic) bond motifs is 1. The summed E-state index contributed by atoms with van der Waals surface area (Å²) < 4.78 is 0. The van der Waals surface area contributed by atoms with Crippen LogP contribution in [-0.2, 0) is 19.3 Å². The Morgan fingerprint density at radius 1 is 1.24 bits per heavy atom. The second-order valence-corrected chi connectivity index (χ2v) is 5.95. The molecule has 0 aromatic carbocycles. The first kappa shape index (κ1) is 11.3. The van der Waals surface area contributed by atoms with Gasteiger partial charge in [0.15, 0.2) is 0 Å². The predicted molar refractivity (Wildman–Crippen MR) is 71.7 cm³/mol. The van der Waals surface area contributed by atoms with Gasteiger partial charge in [0, 0.05) is 17.3 Å². The van der Waals surface area contributed by atoms with Crippen LogP contribution in [0, 0.1) is 0 Å². The van der Waals surface area contributed by atoms with Crippen molar-refractivity contribution in [3.63, 3.8) is 0 Å². The molecule has 1 fully saturated rings. The zero-order valence-corrected chi connectivity index (χ0v) is 11.3. The summed E-state index contributed by atoms with van der Waals surface area (Å²) in [4.78, 5) is 5.03. The molecule has 92 valence electrons. The van der Waals surface area contributed by atoms with E-state index in [0.717, 1.165) is 5.92 Å². The quantitative estimate of drug-likeness (QED) is 0.759. The van der Waals surface area contributed by atoms with Crippen LogP contribution in [0.25, 0.3) is 0 Å². The standard InChI is InChI=1S/C16H23N/c1-4-12-15(10(2)3)13-6-5-7-14(13)17-16(12)11-8-9-11/h10-11H,4-9H2,1-3H3. The van der Waals surface area contributed by atoms with Gasteiger partial charge < -0.3 is 0 Å². The van der Waals surface area contributed by atoms with Crippen molar-refractivity contribution in [3.8, 4) is 0 Å². The summed E-state index contributed by atoms with van der Waals surface area (Å²) in [5.41, 5.74) is 7.78. The molecule has 0 atom stereocenters. The van der Waals surface area contributed by atoms with E-state index in [2.05, 4.69) is 20.8 Å². The average molecular weight is 229 g/mol. The lowest BCUT2D eigenvalue weighted by molar-refractivity contribution is 0.798. The van der Waals surface area contributed by atoms with Crippen LogP contribution in [0.5, 0.6) is 0 Å². The summed E-state index contributed by atoms with van der Waals surface area (Å²) in [6, 6.07) is 0. The lowest BCUT2D eigenvalue weighted by Gasteiger charge is -2.20. The number of hydrogen-bond donors (Lipinski definition) is 0. The summed E-state index contributed by atoms with van der Waals surface area (Å²) in [7, 11) is 0. The molecular weight excluding hydrogens is 206 g/mol. The van der Waals surface area contributed by atoms with Crippen molar-refractivity contribution in [2.45, 2.75) is 71.1 Å². The van der Waals surface area contributed by atoms with Crippen molar-refractivity contribution in [3.05, 3.63) is 28.1 Å². The van der Waals surface area contributed by atoms with Crippen LogP contribution < -0.4 is 0 Å². The largest absolute Gasteiger partial charge is 0.257 e. The lowest BCUT2D eigenvalue weighted by atomic mass is 9.88. The van der Waals surface area contributed by atoms with E-state index in [0.29, 0.717) is 5.92 Å². The van der Waals surface area contributed by atoms with E-state index in [1.807, 2.05) is 0 Å². The molecule has 1 aromatic heterocycles. The highest BCUT2D eigenvalue weighted by atomic mass is 14.8. The van der Waals surface area contributed by atoms with Crippen LogP contribution in [0.15, 0.2) is 0 Å². The molecule has 1 heterocycles. The van der Waals surface area contributed by atoms with Crippen molar-refractivity contribution in [1.29, 1.82) is 0 Å². The maximum atomic E-state index is 5.03. The van der Waals surface area contributed by atoms with Gasteiger partial charge in [0.2, 0.25) is 0 Å². The number of pyridine rings is 1. The Hall–Kier alpha value is -0.850. The molecule has 0 N–H and O–H groups in total. The van der Waals surface area contributed by atoms with Crippen LogP contribution in [-0.4, -0.2) is 4.98 Å². The minimum Gasteiger partial charge on any atom is -0.257 e. The molecule has 2 aliphatic rings. The maximum Gasteiger partial charge on any atom is 0.0472 e. The van der Waals surface area contributed by atoms with E-state index < -0.39 is 0 Å². The first-order valence-electron chi connectivity index (χ1n) is 7.26. The molecule has 0 aliphatic heterocycles. The second kappa shape index (κ2) is 4.12. The topological polar surface area (TPSA) is 12.9 Å². The van der Waals surface area contributed by atoms with Crippen LogP contribution in [0.4, 0.5) is 0 Å². The summed E-state index contributed by atoms with van der Waals surface area (Å²) >= 11 is 0. The van der Waals surface area contributed by atoms with Crippen molar-refractivity contribution in [2.75, 3.05) is 0 Å². The fraction of sp³-hybridized carbons (Fsp3) is 0.688. The molecule has 1 saturated carbocycles. The van der Waals surface area contributed by atoms with Crippen molar-refractivity contribution >= 4 is 0 Å². The average Bonchev–Trinajstić information content (AvgIpc) is 3.05. The monoisotopic (exact) mass is 229 g/mol. The summed E-state index contributed by atoms with van der Waals surface area (Å²) in [6.45, 7) is 7.00. The molecule has 17 heavy (non-hydrogen) atoms. The summed E-state index contributed by atoms with van der Waals surface area (Å²) in [6.07, 6.45) is 7.72. The second-order valence-electron chi connectivity index (χ2n) is 5.95. The first-order chi connectivity index (χ1) is 8.22. The summed E-state index contributed by atoms with van der Waals surface area (Å²) in [5.74, 6) is 1.46. The first-order valence-corrected chi connectivity index (χ1v) is 7.26. The fourth-order valence-corrected chi connectivity index (χ4v) is 3.44. The molecular formula is C16H23N. The SMILES string of the molecule is CCc1c(C2CC2)nc2c(c1C(C)C)CCC2. The number of aromatic nitrogens is 1. The third kappa shape index (κ3) is 1.80. The molecule has 0 amide bonds. The van der Waals surface area contributed by atoms with Gasteiger partial charge in [-0.3, -0.25) is 4.98 Å². The molecule has 0 radical (unpaired) electrons. The Morgan fingerprint density at radius 3 is 2.59 bits per heavy atom.